The summed E-state index contributed by atoms with van der Waals surface area (Å²) < 4.78 is 5.33. The van der Waals surface area contributed by atoms with Crippen LogP contribution in [0.1, 0.15) is 162 Å². The van der Waals surface area contributed by atoms with E-state index < -0.39 is 0 Å². The Morgan fingerprint density at radius 3 is 1.26 bits per heavy atom. The van der Waals surface area contributed by atoms with Gasteiger partial charge in [-0.25, -0.2) is 0 Å². The normalized spacial score (nSPS) is 11.0. The predicted octanol–water partition coefficient (Wildman–Crippen LogP) is 9.11. The number of hydrogen-bond donors (Lipinski definition) is 0. The third kappa shape index (κ3) is 27.1. The van der Waals surface area contributed by atoms with Crippen molar-refractivity contribution in [3.8, 4) is 0 Å². The standard InChI is InChI=1S/C28H54O3/c1-3-4-5-6-20-23-26-31-28(30)25-22-19-17-15-13-11-9-7-8-10-12-14-16-18-21-24-27(2)29/h3-26H2,1-2H3. The molecule has 0 aliphatic carbocycles. The zero-order valence-electron chi connectivity index (χ0n) is 21.2. The zero-order valence-corrected chi connectivity index (χ0v) is 21.2. The molecule has 0 aromatic rings. The average molecular weight is 439 g/mol. The Hall–Kier alpha value is -0.860. The van der Waals surface area contributed by atoms with Crippen molar-refractivity contribution in [2.75, 3.05) is 6.61 Å². The number of esters is 1. The first kappa shape index (κ1) is 30.1. The lowest BCUT2D eigenvalue weighted by atomic mass is 10.0. The SMILES string of the molecule is CCCCCCCCOC(=O)CCCCCCCCCCCCCCCCCC(C)=O. The molecule has 0 fully saturated rings. The molecular weight excluding hydrogens is 384 g/mol. The quantitative estimate of drug-likeness (QED) is 0.105. The summed E-state index contributed by atoms with van der Waals surface area (Å²) in [6.45, 7) is 4.54. The second-order valence-electron chi connectivity index (χ2n) is 9.49. The van der Waals surface area contributed by atoms with E-state index in [0.29, 0.717) is 18.8 Å². The monoisotopic (exact) mass is 438 g/mol. The molecule has 0 saturated heterocycles. The molecule has 0 rings (SSSR count). The van der Waals surface area contributed by atoms with Crippen molar-refractivity contribution in [1.29, 1.82) is 0 Å². The summed E-state index contributed by atoms with van der Waals surface area (Å²) in [7, 11) is 0. The number of ether oxygens (including phenoxy) is 1. The Kier molecular flexibility index (Phi) is 24.7. The van der Waals surface area contributed by atoms with Crippen molar-refractivity contribution in [1.82, 2.24) is 0 Å². The van der Waals surface area contributed by atoms with E-state index >= 15 is 0 Å². The van der Waals surface area contributed by atoms with Crippen LogP contribution >= 0.6 is 0 Å². The third-order valence-corrected chi connectivity index (χ3v) is 6.17. The number of rotatable bonds is 25. The van der Waals surface area contributed by atoms with Crippen LogP contribution in [0.5, 0.6) is 0 Å². The molecular formula is C28H54O3. The van der Waals surface area contributed by atoms with Gasteiger partial charge in [-0.05, 0) is 26.2 Å². The minimum absolute atomic E-state index is 0.00428. The fourth-order valence-corrected chi connectivity index (χ4v) is 4.08. The second kappa shape index (κ2) is 25.4. The van der Waals surface area contributed by atoms with Crippen molar-refractivity contribution >= 4 is 11.8 Å². The van der Waals surface area contributed by atoms with Gasteiger partial charge in [-0.3, -0.25) is 4.79 Å². The number of Topliss-reactive ketones (excluding diaryl/α,β-unsaturated/α-hetero) is 1. The van der Waals surface area contributed by atoms with Crippen molar-refractivity contribution < 1.29 is 14.3 Å². The highest BCUT2D eigenvalue weighted by Gasteiger charge is 2.02. The van der Waals surface area contributed by atoms with E-state index in [1.807, 2.05) is 0 Å². The third-order valence-electron chi connectivity index (χ3n) is 6.17. The van der Waals surface area contributed by atoms with Crippen LogP contribution in [0.15, 0.2) is 0 Å². The van der Waals surface area contributed by atoms with E-state index in [1.54, 1.807) is 6.92 Å². The van der Waals surface area contributed by atoms with Gasteiger partial charge >= 0.3 is 5.97 Å². The summed E-state index contributed by atoms with van der Waals surface area (Å²) in [6, 6.07) is 0. The van der Waals surface area contributed by atoms with Gasteiger partial charge in [-0.15, -0.1) is 0 Å². The first-order valence-electron chi connectivity index (χ1n) is 13.8. The summed E-state index contributed by atoms with van der Waals surface area (Å²) in [4.78, 5) is 22.6. The molecule has 0 amide bonds. The van der Waals surface area contributed by atoms with E-state index in [-0.39, 0.29) is 5.97 Å². The summed E-state index contributed by atoms with van der Waals surface area (Å²) in [5.74, 6) is 0.336. The summed E-state index contributed by atoms with van der Waals surface area (Å²) >= 11 is 0. The molecule has 0 atom stereocenters. The van der Waals surface area contributed by atoms with Gasteiger partial charge in [-0.1, -0.05) is 122 Å². The van der Waals surface area contributed by atoms with Gasteiger partial charge in [0.2, 0.25) is 0 Å². The van der Waals surface area contributed by atoms with E-state index in [4.69, 9.17) is 4.74 Å². The molecule has 0 spiro atoms. The Bertz CT molecular complexity index is 392. The number of hydrogen-bond acceptors (Lipinski definition) is 3. The van der Waals surface area contributed by atoms with Crippen LogP contribution in [0.2, 0.25) is 0 Å². The van der Waals surface area contributed by atoms with Crippen molar-refractivity contribution in [2.24, 2.45) is 0 Å². The minimum Gasteiger partial charge on any atom is -0.466 e. The molecule has 3 nitrogen and oxygen atoms in total. The van der Waals surface area contributed by atoms with Crippen LogP contribution < -0.4 is 0 Å². The van der Waals surface area contributed by atoms with Crippen LogP contribution in [0, 0.1) is 0 Å². The highest BCUT2D eigenvalue weighted by Crippen LogP contribution is 2.14. The number of carbonyl (C=O) groups is 2. The van der Waals surface area contributed by atoms with Crippen molar-refractivity contribution in [3.63, 3.8) is 0 Å². The maximum atomic E-state index is 11.7. The molecule has 0 saturated carbocycles. The Balaban J connectivity index is 3.13. The first-order chi connectivity index (χ1) is 15.2. The Morgan fingerprint density at radius 2 is 0.839 bits per heavy atom. The lowest BCUT2D eigenvalue weighted by molar-refractivity contribution is -0.143. The van der Waals surface area contributed by atoms with Crippen LogP contribution in [0.3, 0.4) is 0 Å². The molecule has 0 aliphatic rings. The Labute approximate surface area is 194 Å². The van der Waals surface area contributed by atoms with Crippen LogP contribution in [0.4, 0.5) is 0 Å². The van der Waals surface area contributed by atoms with Gasteiger partial charge in [0.1, 0.15) is 5.78 Å². The minimum atomic E-state index is 0.00428. The van der Waals surface area contributed by atoms with Gasteiger partial charge in [0, 0.05) is 12.8 Å². The summed E-state index contributed by atoms with van der Waals surface area (Å²) in [6.07, 6.45) is 28.0. The molecule has 0 N–H and O–H groups in total. The van der Waals surface area contributed by atoms with Crippen LogP contribution in [0.25, 0.3) is 0 Å². The number of carbonyl (C=O) groups excluding carboxylic acids is 2. The highest BCUT2D eigenvalue weighted by molar-refractivity contribution is 5.75. The molecule has 3 heteroatoms. The molecule has 0 radical (unpaired) electrons. The van der Waals surface area contributed by atoms with Crippen LogP contribution in [-0.4, -0.2) is 18.4 Å². The lowest BCUT2D eigenvalue weighted by Gasteiger charge is -2.05. The average Bonchev–Trinajstić information content (AvgIpc) is 2.75. The predicted molar refractivity (Wildman–Crippen MR) is 134 cm³/mol. The molecule has 0 unspecified atom stereocenters. The molecule has 184 valence electrons. The zero-order chi connectivity index (χ0) is 22.8. The Morgan fingerprint density at radius 1 is 0.484 bits per heavy atom. The van der Waals surface area contributed by atoms with Gasteiger partial charge in [-0.2, -0.15) is 0 Å². The molecule has 0 bridgehead atoms. The summed E-state index contributed by atoms with van der Waals surface area (Å²) in [5, 5.41) is 0. The molecule has 0 aromatic heterocycles. The summed E-state index contributed by atoms with van der Waals surface area (Å²) in [5.41, 5.74) is 0. The first-order valence-corrected chi connectivity index (χ1v) is 13.8. The molecule has 0 heterocycles. The number of ketones is 1. The highest BCUT2D eigenvalue weighted by atomic mass is 16.5. The van der Waals surface area contributed by atoms with E-state index in [2.05, 4.69) is 6.92 Å². The fraction of sp³-hybridized carbons (Fsp3) is 0.929. The molecule has 0 aliphatic heterocycles. The molecule has 31 heavy (non-hydrogen) atoms. The van der Waals surface area contributed by atoms with Crippen LogP contribution in [-0.2, 0) is 14.3 Å². The number of unbranched alkanes of at least 4 members (excludes halogenated alkanes) is 19. The van der Waals surface area contributed by atoms with Gasteiger partial charge in [0.15, 0.2) is 0 Å². The topological polar surface area (TPSA) is 43.4 Å². The van der Waals surface area contributed by atoms with E-state index in [0.717, 1.165) is 25.7 Å². The molecule has 0 aromatic carbocycles. The van der Waals surface area contributed by atoms with E-state index in [9.17, 15) is 9.59 Å². The second-order valence-corrected chi connectivity index (χ2v) is 9.49. The van der Waals surface area contributed by atoms with Gasteiger partial charge < -0.3 is 9.53 Å². The largest absolute Gasteiger partial charge is 0.466 e. The maximum Gasteiger partial charge on any atom is 0.305 e. The van der Waals surface area contributed by atoms with Crippen molar-refractivity contribution in [3.05, 3.63) is 0 Å². The lowest BCUT2D eigenvalue weighted by Crippen LogP contribution is -2.05. The van der Waals surface area contributed by atoms with Gasteiger partial charge in [0.05, 0.1) is 6.61 Å². The van der Waals surface area contributed by atoms with Crippen molar-refractivity contribution in [2.45, 2.75) is 162 Å². The fourth-order valence-electron chi connectivity index (χ4n) is 4.08. The van der Waals surface area contributed by atoms with E-state index in [1.165, 1.54) is 116 Å². The smallest absolute Gasteiger partial charge is 0.305 e. The van der Waals surface area contributed by atoms with Gasteiger partial charge in [0.25, 0.3) is 0 Å². The maximum absolute atomic E-state index is 11.7.